The lowest BCUT2D eigenvalue weighted by molar-refractivity contribution is 0.119. The van der Waals surface area contributed by atoms with Crippen LogP contribution in [0.15, 0.2) is 0 Å². The molecule has 2 heterocycles. The van der Waals surface area contributed by atoms with E-state index >= 15 is 0 Å². The monoisotopic (exact) mass is 184 g/mol. The number of nitrogens with zero attached hydrogens (tertiary/aromatic N) is 2. The predicted octanol–water partition coefficient (Wildman–Crippen LogP) is 0.147. The fraction of sp³-hybridized carbons (Fsp3) is 1.00. The number of aliphatic hydroxyl groups excluding tert-OH is 1. The Morgan fingerprint density at radius 2 is 1.77 bits per heavy atom. The topological polar surface area (TPSA) is 26.7 Å². The Bertz CT molecular complexity index is 166. The second-order valence-corrected chi connectivity index (χ2v) is 4.47. The third-order valence-corrected chi connectivity index (χ3v) is 3.40. The number of β-amino-alcohol motifs (C(OH)–C–C–N with tert-alkyl or cyclic N) is 1. The van der Waals surface area contributed by atoms with Crippen molar-refractivity contribution in [3.05, 3.63) is 0 Å². The van der Waals surface area contributed by atoms with Gasteiger partial charge >= 0.3 is 0 Å². The van der Waals surface area contributed by atoms with Gasteiger partial charge in [-0.1, -0.05) is 0 Å². The fourth-order valence-corrected chi connectivity index (χ4v) is 2.46. The molecule has 3 heteroatoms. The molecule has 2 saturated heterocycles. The van der Waals surface area contributed by atoms with E-state index in [2.05, 4.69) is 16.8 Å². The molecule has 1 N–H and O–H groups in total. The summed E-state index contributed by atoms with van der Waals surface area (Å²) in [6, 6.07) is 0.744. The van der Waals surface area contributed by atoms with Crippen LogP contribution in [0, 0.1) is 0 Å². The summed E-state index contributed by atoms with van der Waals surface area (Å²) < 4.78 is 0. The van der Waals surface area contributed by atoms with Crippen molar-refractivity contribution in [2.45, 2.75) is 31.4 Å². The molecule has 2 aliphatic rings. The SMILES string of the molecule is CN1CCC(N2CCC(O)C2)CC1. The van der Waals surface area contributed by atoms with Crippen molar-refractivity contribution in [3.63, 3.8) is 0 Å². The number of piperidine rings is 1. The second kappa shape index (κ2) is 3.95. The van der Waals surface area contributed by atoms with Gasteiger partial charge in [-0.3, -0.25) is 4.90 Å². The van der Waals surface area contributed by atoms with Crippen LogP contribution >= 0.6 is 0 Å². The summed E-state index contributed by atoms with van der Waals surface area (Å²) in [4.78, 5) is 4.86. The molecular formula is C10H20N2O. The maximum atomic E-state index is 9.43. The number of hydrogen-bond donors (Lipinski definition) is 1. The number of likely N-dealkylation sites (tertiary alicyclic amines) is 2. The minimum atomic E-state index is -0.0559. The van der Waals surface area contributed by atoms with Gasteiger partial charge in [0.2, 0.25) is 0 Å². The Hall–Kier alpha value is -0.120. The Kier molecular flexibility index (Phi) is 2.86. The molecule has 2 fully saturated rings. The smallest absolute Gasteiger partial charge is 0.0679 e. The standard InChI is InChI=1S/C10H20N2O/c1-11-5-2-9(3-6-11)12-7-4-10(13)8-12/h9-10,13H,2-8H2,1H3. The minimum Gasteiger partial charge on any atom is -0.392 e. The lowest BCUT2D eigenvalue weighted by Gasteiger charge is -2.34. The van der Waals surface area contributed by atoms with Crippen LogP contribution in [0.3, 0.4) is 0 Å². The molecule has 1 unspecified atom stereocenters. The van der Waals surface area contributed by atoms with Crippen LogP contribution in [0.25, 0.3) is 0 Å². The lowest BCUT2D eigenvalue weighted by atomic mass is 10.0. The van der Waals surface area contributed by atoms with Gasteiger partial charge in [0.15, 0.2) is 0 Å². The van der Waals surface area contributed by atoms with Gasteiger partial charge in [0.25, 0.3) is 0 Å². The number of hydrogen-bond acceptors (Lipinski definition) is 3. The van der Waals surface area contributed by atoms with Crippen molar-refractivity contribution >= 4 is 0 Å². The van der Waals surface area contributed by atoms with Gasteiger partial charge in [-0.05, 0) is 39.4 Å². The van der Waals surface area contributed by atoms with Gasteiger partial charge in [-0.15, -0.1) is 0 Å². The third kappa shape index (κ3) is 2.22. The van der Waals surface area contributed by atoms with E-state index in [1.54, 1.807) is 0 Å². The highest BCUT2D eigenvalue weighted by molar-refractivity contribution is 4.84. The van der Waals surface area contributed by atoms with E-state index in [4.69, 9.17) is 0 Å². The van der Waals surface area contributed by atoms with Crippen molar-refractivity contribution < 1.29 is 5.11 Å². The summed E-state index contributed by atoms with van der Waals surface area (Å²) in [5, 5.41) is 9.43. The minimum absolute atomic E-state index is 0.0559. The maximum Gasteiger partial charge on any atom is 0.0679 e. The molecule has 3 nitrogen and oxygen atoms in total. The summed E-state index contributed by atoms with van der Waals surface area (Å²) in [6.45, 7) is 4.46. The summed E-state index contributed by atoms with van der Waals surface area (Å²) in [6.07, 6.45) is 3.48. The van der Waals surface area contributed by atoms with Crippen LogP contribution in [0.2, 0.25) is 0 Å². The van der Waals surface area contributed by atoms with E-state index in [1.807, 2.05) is 0 Å². The van der Waals surface area contributed by atoms with Crippen molar-refractivity contribution in [2.75, 3.05) is 33.2 Å². The normalized spacial score (nSPS) is 34.2. The van der Waals surface area contributed by atoms with Gasteiger partial charge < -0.3 is 10.0 Å². The molecule has 0 aromatic carbocycles. The summed E-state index contributed by atoms with van der Waals surface area (Å²) in [7, 11) is 2.19. The first-order valence-electron chi connectivity index (χ1n) is 5.36. The average molecular weight is 184 g/mol. The highest BCUT2D eigenvalue weighted by atomic mass is 16.3. The summed E-state index contributed by atoms with van der Waals surface area (Å²) in [5.74, 6) is 0. The van der Waals surface area contributed by atoms with Crippen LogP contribution in [-0.2, 0) is 0 Å². The fourth-order valence-electron chi connectivity index (χ4n) is 2.46. The van der Waals surface area contributed by atoms with Gasteiger partial charge in [0.1, 0.15) is 0 Å². The molecule has 0 bridgehead atoms. The van der Waals surface area contributed by atoms with Crippen molar-refractivity contribution in [1.82, 2.24) is 9.80 Å². The molecule has 0 aromatic heterocycles. The van der Waals surface area contributed by atoms with Crippen molar-refractivity contribution in [2.24, 2.45) is 0 Å². The molecule has 0 spiro atoms. The van der Waals surface area contributed by atoms with E-state index < -0.39 is 0 Å². The Labute approximate surface area is 80.3 Å². The predicted molar refractivity (Wildman–Crippen MR) is 52.7 cm³/mol. The highest BCUT2D eigenvalue weighted by Gasteiger charge is 2.28. The molecule has 1 atom stereocenters. The molecule has 2 rings (SSSR count). The molecule has 0 radical (unpaired) electrons. The van der Waals surface area contributed by atoms with Crippen LogP contribution in [0.5, 0.6) is 0 Å². The zero-order valence-corrected chi connectivity index (χ0v) is 8.45. The molecule has 0 amide bonds. The molecular weight excluding hydrogens is 164 g/mol. The Balaban J connectivity index is 1.81. The summed E-state index contributed by atoms with van der Waals surface area (Å²) in [5.41, 5.74) is 0. The van der Waals surface area contributed by atoms with E-state index in [-0.39, 0.29) is 6.10 Å². The zero-order valence-electron chi connectivity index (χ0n) is 8.45. The second-order valence-electron chi connectivity index (χ2n) is 4.47. The molecule has 0 saturated carbocycles. The first-order chi connectivity index (χ1) is 6.25. The molecule has 2 aliphatic heterocycles. The van der Waals surface area contributed by atoms with Crippen LogP contribution in [0.1, 0.15) is 19.3 Å². The third-order valence-electron chi connectivity index (χ3n) is 3.40. The first-order valence-corrected chi connectivity index (χ1v) is 5.36. The summed E-state index contributed by atoms with van der Waals surface area (Å²) >= 11 is 0. The lowest BCUT2D eigenvalue weighted by Crippen LogP contribution is -2.42. The van der Waals surface area contributed by atoms with E-state index in [9.17, 15) is 5.11 Å². The largest absolute Gasteiger partial charge is 0.392 e. The molecule has 13 heavy (non-hydrogen) atoms. The Morgan fingerprint density at radius 1 is 1.08 bits per heavy atom. The molecule has 0 aromatic rings. The number of aliphatic hydroxyl groups is 1. The molecule has 0 aliphatic carbocycles. The van der Waals surface area contributed by atoms with E-state index in [0.717, 1.165) is 25.6 Å². The van der Waals surface area contributed by atoms with E-state index in [0.29, 0.717) is 0 Å². The van der Waals surface area contributed by atoms with Gasteiger partial charge in [0.05, 0.1) is 6.10 Å². The van der Waals surface area contributed by atoms with Crippen LogP contribution < -0.4 is 0 Å². The Morgan fingerprint density at radius 3 is 2.31 bits per heavy atom. The first kappa shape index (κ1) is 9.44. The zero-order chi connectivity index (χ0) is 9.26. The van der Waals surface area contributed by atoms with Crippen molar-refractivity contribution in [3.8, 4) is 0 Å². The van der Waals surface area contributed by atoms with Gasteiger partial charge in [-0.2, -0.15) is 0 Å². The maximum absolute atomic E-state index is 9.43. The van der Waals surface area contributed by atoms with Crippen LogP contribution in [-0.4, -0.2) is 60.3 Å². The van der Waals surface area contributed by atoms with E-state index in [1.165, 1.54) is 25.9 Å². The van der Waals surface area contributed by atoms with Crippen molar-refractivity contribution in [1.29, 1.82) is 0 Å². The average Bonchev–Trinajstić information content (AvgIpc) is 2.53. The van der Waals surface area contributed by atoms with Gasteiger partial charge in [-0.25, -0.2) is 0 Å². The van der Waals surface area contributed by atoms with Gasteiger partial charge in [0, 0.05) is 19.1 Å². The highest BCUT2D eigenvalue weighted by Crippen LogP contribution is 2.20. The quantitative estimate of drug-likeness (QED) is 0.628. The van der Waals surface area contributed by atoms with Crippen LogP contribution in [0.4, 0.5) is 0 Å². The number of rotatable bonds is 1. The molecule has 76 valence electrons.